The predicted molar refractivity (Wildman–Crippen MR) is 133 cm³/mol. The number of rotatable bonds is 9. The van der Waals surface area contributed by atoms with Crippen LogP contribution in [0.15, 0.2) is 36.4 Å². The van der Waals surface area contributed by atoms with Gasteiger partial charge in [-0.25, -0.2) is 4.68 Å². The molecule has 1 aromatic heterocycles. The number of carbonyl (C=O) groups is 1. The molecule has 8 nitrogen and oxygen atoms in total. The molecule has 0 bridgehead atoms. The Kier molecular flexibility index (Phi) is 7.81. The number of amides is 1. The number of carbonyl (C=O) groups excluding carboxylic acids is 1. The van der Waals surface area contributed by atoms with Gasteiger partial charge in [-0.15, -0.1) is 5.10 Å². The third kappa shape index (κ3) is 5.50. The summed E-state index contributed by atoms with van der Waals surface area (Å²) in [5.41, 5.74) is 3.04. The molecular weight excluding hydrogens is 432 g/mol. The Morgan fingerprint density at radius 2 is 1.79 bits per heavy atom. The lowest BCUT2D eigenvalue weighted by Gasteiger charge is -2.21. The van der Waals surface area contributed by atoms with Gasteiger partial charge in [0, 0.05) is 6.07 Å². The second-order valence-electron chi connectivity index (χ2n) is 9.09. The second-order valence-corrected chi connectivity index (χ2v) is 9.09. The van der Waals surface area contributed by atoms with Gasteiger partial charge in [0.2, 0.25) is 0 Å². The van der Waals surface area contributed by atoms with Gasteiger partial charge >= 0.3 is 0 Å². The summed E-state index contributed by atoms with van der Waals surface area (Å²) >= 11 is 0. The highest BCUT2D eigenvalue weighted by atomic mass is 16.5. The second kappa shape index (κ2) is 10.6. The standard InChI is InChI=1S/C26H34N4O4/c1-8-9-14-34-22-12-10-18(26(3,4)5)15-20(22)27-25(31)24-17(2)30(29-28-24)21-16-19(32-6)11-13-23(21)33-7/h10-13,15-16H,8-9,14H2,1-7H3,(H,27,31). The Balaban J connectivity index is 1.94. The predicted octanol–water partition coefficient (Wildman–Crippen LogP) is 5.32. The van der Waals surface area contributed by atoms with Gasteiger partial charge in [-0.3, -0.25) is 4.79 Å². The minimum atomic E-state index is -0.364. The van der Waals surface area contributed by atoms with Crippen LogP contribution in [0.3, 0.4) is 0 Å². The van der Waals surface area contributed by atoms with Crippen LogP contribution < -0.4 is 19.5 Å². The first kappa shape index (κ1) is 25.1. The molecule has 0 spiro atoms. The van der Waals surface area contributed by atoms with E-state index in [9.17, 15) is 4.79 Å². The summed E-state index contributed by atoms with van der Waals surface area (Å²) in [5, 5.41) is 11.4. The number of methoxy groups -OCH3 is 2. The number of aromatic nitrogens is 3. The number of unbranched alkanes of at least 4 members (excludes halogenated alkanes) is 1. The maximum Gasteiger partial charge on any atom is 0.278 e. The van der Waals surface area contributed by atoms with Crippen LogP contribution in [0.25, 0.3) is 5.69 Å². The van der Waals surface area contributed by atoms with Crippen LogP contribution in [-0.2, 0) is 5.41 Å². The summed E-state index contributed by atoms with van der Waals surface area (Å²) in [6.07, 6.45) is 1.96. The van der Waals surface area contributed by atoms with Crippen LogP contribution in [0.5, 0.6) is 17.2 Å². The fourth-order valence-electron chi connectivity index (χ4n) is 3.46. The van der Waals surface area contributed by atoms with E-state index in [2.05, 4.69) is 43.3 Å². The van der Waals surface area contributed by atoms with E-state index >= 15 is 0 Å². The highest BCUT2D eigenvalue weighted by Gasteiger charge is 2.22. The van der Waals surface area contributed by atoms with Crippen molar-refractivity contribution < 1.29 is 19.0 Å². The molecule has 0 aliphatic carbocycles. The number of nitrogens with zero attached hydrogens (tertiary/aromatic N) is 3. The van der Waals surface area contributed by atoms with Gasteiger partial charge in [-0.2, -0.15) is 0 Å². The van der Waals surface area contributed by atoms with Gasteiger partial charge < -0.3 is 19.5 Å². The number of anilines is 1. The molecule has 1 heterocycles. The van der Waals surface area contributed by atoms with Crippen molar-refractivity contribution in [2.75, 3.05) is 26.1 Å². The van der Waals surface area contributed by atoms with Crippen LogP contribution in [0.4, 0.5) is 5.69 Å². The molecule has 0 aliphatic heterocycles. The molecule has 1 amide bonds. The van der Waals surface area contributed by atoms with Crippen LogP contribution in [0.1, 0.15) is 62.3 Å². The molecule has 3 rings (SSSR count). The average Bonchev–Trinajstić information content (AvgIpc) is 3.20. The molecule has 3 aromatic rings. The maximum absolute atomic E-state index is 13.3. The first-order valence-electron chi connectivity index (χ1n) is 11.4. The first-order valence-corrected chi connectivity index (χ1v) is 11.4. The Labute approximate surface area is 201 Å². The van der Waals surface area contributed by atoms with E-state index in [1.807, 2.05) is 18.2 Å². The Morgan fingerprint density at radius 1 is 1.06 bits per heavy atom. The summed E-state index contributed by atoms with van der Waals surface area (Å²) in [7, 11) is 3.16. The van der Waals surface area contributed by atoms with Gasteiger partial charge in [0.1, 0.15) is 22.9 Å². The molecule has 182 valence electrons. The monoisotopic (exact) mass is 466 g/mol. The van der Waals surface area contributed by atoms with Gasteiger partial charge in [-0.05, 0) is 48.6 Å². The minimum Gasteiger partial charge on any atom is -0.497 e. The molecule has 8 heteroatoms. The summed E-state index contributed by atoms with van der Waals surface area (Å²) < 4.78 is 18.3. The molecule has 0 saturated carbocycles. The average molecular weight is 467 g/mol. The Morgan fingerprint density at radius 3 is 2.44 bits per heavy atom. The normalized spacial score (nSPS) is 11.3. The lowest BCUT2D eigenvalue weighted by Crippen LogP contribution is -2.17. The molecule has 0 fully saturated rings. The first-order chi connectivity index (χ1) is 16.2. The maximum atomic E-state index is 13.3. The summed E-state index contributed by atoms with van der Waals surface area (Å²) in [5.74, 6) is 1.50. The van der Waals surface area contributed by atoms with Gasteiger partial charge in [0.05, 0.1) is 32.2 Å². The SMILES string of the molecule is CCCCOc1ccc(C(C)(C)C)cc1NC(=O)c1nnn(-c2cc(OC)ccc2OC)c1C. The van der Waals surface area contributed by atoms with Crippen molar-refractivity contribution >= 4 is 11.6 Å². The summed E-state index contributed by atoms with van der Waals surface area (Å²) in [4.78, 5) is 13.3. The highest BCUT2D eigenvalue weighted by Crippen LogP contribution is 2.33. The fraction of sp³-hybridized carbons (Fsp3) is 0.423. The quantitative estimate of drug-likeness (QED) is 0.429. The van der Waals surface area contributed by atoms with Crippen LogP contribution in [0, 0.1) is 6.92 Å². The minimum absolute atomic E-state index is 0.0800. The molecule has 1 N–H and O–H groups in total. The summed E-state index contributed by atoms with van der Waals surface area (Å²) in [6.45, 7) is 10.9. The third-order valence-corrected chi connectivity index (χ3v) is 5.57. The Bertz CT molecular complexity index is 1150. The van der Waals surface area contributed by atoms with Crippen molar-refractivity contribution in [1.82, 2.24) is 15.0 Å². The van der Waals surface area contributed by atoms with E-state index in [0.717, 1.165) is 18.4 Å². The zero-order valence-electron chi connectivity index (χ0n) is 21.1. The van der Waals surface area contributed by atoms with E-state index in [1.165, 1.54) is 0 Å². The number of nitrogens with one attached hydrogen (secondary N) is 1. The molecule has 0 atom stereocenters. The van der Waals surface area contributed by atoms with Gasteiger partial charge in [-0.1, -0.05) is 45.4 Å². The summed E-state index contributed by atoms with van der Waals surface area (Å²) in [6, 6.07) is 11.3. The molecule has 0 aliphatic rings. The topological polar surface area (TPSA) is 87.5 Å². The molecule has 0 unspecified atom stereocenters. The van der Waals surface area contributed by atoms with Crippen molar-refractivity contribution in [3.05, 3.63) is 53.3 Å². The molecular formula is C26H34N4O4. The van der Waals surface area contributed by atoms with Gasteiger partial charge in [0.15, 0.2) is 5.69 Å². The zero-order valence-corrected chi connectivity index (χ0v) is 21.1. The molecule has 2 aromatic carbocycles. The van der Waals surface area contributed by atoms with Gasteiger partial charge in [0.25, 0.3) is 5.91 Å². The van der Waals surface area contributed by atoms with E-state index in [4.69, 9.17) is 14.2 Å². The van der Waals surface area contributed by atoms with Crippen molar-refractivity contribution in [3.63, 3.8) is 0 Å². The van der Waals surface area contributed by atoms with Crippen molar-refractivity contribution in [3.8, 4) is 22.9 Å². The molecule has 0 saturated heterocycles. The van der Waals surface area contributed by atoms with E-state index < -0.39 is 0 Å². The van der Waals surface area contributed by atoms with Crippen LogP contribution in [0.2, 0.25) is 0 Å². The fourth-order valence-corrected chi connectivity index (χ4v) is 3.46. The Hall–Kier alpha value is -3.55. The number of hydrogen-bond acceptors (Lipinski definition) is 6. The third-order valence-electron chi connectivity index (χ3n) is 5.57. The van der Waals surface area contributed by atoms with Crippen molar-refractivity contribution in [1.29, 1.82) is 0 Å². The van der Waals surface area contributed by atoms with Crippen molar-refractivity contribution in [2.24, 2.45) is 0 Å². The van der Waals surface area contributed by atoms with Crippen LogP contribution in [-0.4, -0.2) is 41.7 Å². The molecule has 0 radical (unpaired) electrons. The number of benzene rings is 2. The number of hydrogen-bond donors (Lipinski definition) is 1. The highest BCUT2D eigenvalue weighted by molar-refractivity contribution is 6.04. The molecule has 34 heavy (non-hydrogen) atoms. The lowest BCUT2D eigenvalue weighted by molar-refractivity contribution is 0.102. The lowest BCUT2D eigenvalue weighted by atomic mass is 9.87. The smallest absolute Gasteiger partial charge is 0.278 e. The van der Waals surface area contributed by atoms with Crippen molar-refractivity contribution in [2.45, 2.75) is 52.9 Å². The van der Waals surface area contributed by atoms with E-state index in [0.29, 0.717) is 40.9 Å². The van der Waals surface area contributed by atoms with Crippen LogP contribution >= 0.6 is 0 Å². The van der Waals surface area contributed by atoms with E-state index in [1.54, 1.807) is 44.0 Å². The zero-order chi connectivity index (χ0) is 24.9. The largest absolute Gasteiger partial charge is 0.497 e. The van der Waals surface area contributed by atoms with E-state index in [-0.39, 0.29) is 17.0 Å². The number of ether oxygens (including phenoxy) is 3.